The van der Waals surface area contributed by atoms with Crippen LogP contribution >= 0.6 is 11.8 Å². The van der Waals surface area contributed by atoms with Crippen LogP contribution in [-0.4, -0.2) is 17.0 Å². The molecule has 88 valence electrons. The van der Waals surface area contributed by atoms with Crippen LogP contribution in [0.1, 0.15) is 19.4 Å². The minimum Gasteiger partial charge on any atom is -0.335 e. The first-order chi connectivity index (χ1) is 8.19. The number of anilines is 1. The monoisotopic (exact) mass is 245 g/mol. The van der Waals surface area contributed by atoms with E-state index in [1.165, 1.54) is 0 Å². The Labute approximate surface area is 106 Å². The van der Waals surface area contributed by atoms with E-state index in [9.17, 15) is 0 Å². The van der Waals surface area contributed by atoms with Crippen LogP contribution in [0.4, 0.5) is 5.69 Å². The van der Waals surface area contributed by atoms with E-state index in [1.54, 1.807) is 17.8 Å². The third-order valence-corrected chi connectivity index (χ3v) is 4.11. The number of amidine groups is 1. The maximum Gasteiger partial charge on any atom is 0.161 e. The molecule has 1 heterocycles. The van der Waals surface area contributed by atoms with Gasteiger partial charge in [-0.3, -0.25) is 4.99 Å². The maximum absolute atomic E-state index is 8.82. The molecule has 1 atom stereocenters. The van der Waals surface area contributed by atoms with Gasteiger partial charge in [-0.05, 0) is 24.1 Å². The van der Waals surface area contributed by atoms with Crippen molar-refractivity contribution in [3.63, 3.8) is 0 Å². The molecule has 1 aliphatic heterocycles. The van der Waals surface area contributed by atoms with Gasteiger partial charge in [0.25, 0.3) is 0 Å². The summed E-state index contributed by atoms with van der Waals surface area (Å²) < 4.78 is 0. The van der Waals surface area contributed by atoms with E-state index in [-0.39, 0.29) is 0 Å². The van der Waals surface area contributed by atoms with E-state index in [4.69, 9.17) is 5.26 Å². The number of aliphatic imine (C=N–C) groups is 1. The van der Waals surface area contributed by atoms with Gasteiger partial charge < -0.3 is 5.32 Å². The molecule has 1 N–H and O–H groups in total. The van der Waals surface area contributed by atoms with Gasteiger partial charge in [0, 0.05) is 10.9 Å². The highest BCUT2D eigenvalue weighted by atomic mass is 32.2. The molecule has 0 aliphatic carbocycles. The highest BCUT2D eigenvalue weighted by molar-refractivity contribution is 8.15. The molecule has 4 heteroatoms. The first kappa shape index (κ1) is 12.0. The largest absolute Gasteiger partial charge is 0.335 e. The lowest BCUT2D eigenvalue weighted by atomic mass is 10.1. The summed E-state index contributed by atoms with van der Waals surface area (Å²) in [6, 6.07) is 9.60. The van der Waals surface area contributed by atoms with Crippen molar-refractivity contribution in [1.29, 1.82) is 5.26 Å². The number of nitrogens with one attached hydrogen (secondary N) is 1. The minimum atomic E-state index is 0.566. The Bertz CT molecular complexity index is 474. The van der Waals surface area contributed by atoms with Gasteiger partial charge in [0.1, 0.15) is 0 Å². The molecule has 1 aromatic carbocycles. The highest BCUT2D eigenvalue weighted by Crippen LogP contribution is 2.27. The average molecular weight is 245 g/mol. The van der Waals surface area contributed by atoms with E-state index >= 15 is 0 Å². The first-order valence-corrected chi connectivity index (χ1v) is 6.55. The van der Waals surface area contributed by atoms with E-state index < -0.39 is 0 Å². The summed E-state index contributed by atoms with van der Waals surface area (Å²) in [5, 5.41) is 13.6. The molecule has 0 bridgehead atoms. The molecule has 1 aliphatic rings. The van der Waals surface area contributed by atoms with Crippen molar-refractivity contribution in [3.8, 4) is 6.07 Å². The predicted molar refractivity (Wildman–Crippen MR) is 73.3 cm³/mol. The molecular formula is C13H15N3S. The number of benzene rings is 1. The summed E-state index contributed by atoms with van der Waals surface area (Å²) in [4.78, 5) is 4.47. The summed E-state index contributed by atoms with van der Waals surface area (Å²) >= 11 is 1.78. The molecule has 0 fully saturated rings. The summed E-state index contributed by atoms with van der Waals surface area (Å²) in [5.41, 5.74) is 1.60. The molecule has 1 aromatic rings. The summed E-state index contributed by atoms with van der Waals surface area (Å²) in [7, 11) is 0. The zero-order valence-electron chi connectivity index (χ0n) is 9.97. The van der Waals surface area contributed by atoms with E-state index in [2.05, 4.69) is 30.2 Å². The molecule has 17 heavy (non-hydrogen) atoms. The smallest absolute Gasteiger partial charge is 0.161 e. The van der Waals surface area contributed by atoms with Crippen molar-refractivity contribution >= 4 is 22.6 Å². The van der Waals surface area contributed by atoms with Crippen LogP contribution in [0.2, 0.25) is 0 Å². The number of hydrogen-bond acceptors (Lipinski definition) is 4. The van der Waals surface area contributed by atoms with Crippen LogP contribution in [0, 0.1) is 17.2 Å². The van der Waals surface area contributed by atoms with Crippen molar-refractivity contribution in [2.24, 2.45) is 10.9 Å². The molecule has 0 aromatic heterocycles. The number of rotatable bonds is 2. The van der Waals surface area contributed by atoms with E-state index in [0.29, 0.717) is 16.7 Å². The van der Waals surface area contributed by atoms with Crippen molar-refractivity contribution < 1.29 is 0 Å². The van der Waals surface area contributed by atoms with Crippen molar-refractivity contribution in [3.05, 3.63) is 29.8 Å². The normalized spacial score (nSPS) is 18.9. The molecule has 0 saturated carbocycles. The van der Waals surface area contributed by atoms with Crippen molar-refractivity contribution in [2.75, 3.05) is 11.9 Å². The predicted octanol–water partition coefficient (Wildman–Crippen LogP) is 3.10. The summed E-state index contributed by atoms with van der Waals surface area (Å²) in [6.07, 6.45) is 0. The van der Waals surface area contributed by atoms with Gasteiger partial charge in [-0.1, -0.05) is 31.7 Å². The lowest BCUT2D eigenvalue weighted by Gasteiger charge is -2.12. The summed E-state index contributed by atoms with van der Waals surface area (Å²) in [5.74, 6) is 0.633. The van der Waals surface area contributed by atoms with Gasteiger partial charge in [0.15, 0.2) is 5.17 Å². The zero-order valence-corrected chi connectivity index (χ0v) is 10.8. The van der Waals surface area contributed by atoms with Crippen LogP contribution < -0.4 is 5.32 Å². The Morgan fingerprint density at radius 1 is 1.53 bits per heavy atom. The van der Waals surface area contributed by atoms with Crippen molar-refractivity contribution in [1.82, 2.24) is 0 Å². The Hall–Kier alpha value is -1.47. The van der Waals surface area contributed by atoms with Gasteiger partial charge in [0.05, 0.1) is 18.2 Å². The van der Waals surface area contributed by atoms with Crippen LogP contribution in [-0.2, 0) is 0 Å². The molecule has 3 nitrogen and oxygen atoms in total. The van der Waals surface area contributed by atoms with Gasteiger partial charge in [-0.15, -0.1) is 0 Å². The molecule has 1 unspecified atom stereocenters. The molecule has 0 radical (unpaired) electrons. The molecule has 0 spiro atoms. The number of hydrogen-bond donors (Lipinski definition) is 1. The average Bonchev–Trinajstić information content (AvgIpc) is 2.78. The number of nitriles is 1. The van der Waals surface area contributed by atoms with Crippen LogP contribution in [0.3, 0.4) is 0 Å². The third-order valence-electron chi connectivity index (χ3n) is 2.66. The lowest BCUT2D eigenvalue weighted by molar-refractivity contribution is 0.621. The van der Waals surface area contributed by atoms with Gasteiger partial charge in [0.2, 0.25) is 0 Å². The quantitative estimate of drug-likeness (QED) is 0.871. The Morgan fingerprint density at radius 3 is 3.00 bits per heavy atom. The molecule has 0 amide bonds. The third kappa shape index (κ3) is 3.01. The first-order valence-electron chi connectivity index (χ1n) is 5.67. The SMILES string of the molecule is CC(C)C1CN=C(Nc2cccc(C#N)c2)S1. The highest BCUT2D eigenvalue weighted by Gasteiger charge is 2.22. The molecule has 0 saturated heterocycles. The Morgan fingerprint density at radius 2 is 2.35 bits per heavy atom. The van der Waals surface area contributed by atoms with Gasteiger partial charge in [-0.2, -0.15) is 5.26 Å². The van der Waals surface area contributed by atoms with Gasteiger partial charge in [-0.25, -0.2) is 0 Å². The number of thioether (sulfide) groups is 1. The van der Waals surface area contributed by atoms with Crippen LogP contribution in [0.25, 0.3) is 0 Å². The lowest BCUT2D eigenvalue weighted by Crippen LogP contribution is -2.13. The standard InChI is InChI=1S/C13H15N3S/c1-9(2)12-8-15-13(17-12)16-11-5-3-4-10(6-11)7-14/h3-6,9,12H,8H2,1-2H3,(H,15,16). The minimum absolute atomic E-state index is 0.566. The van der Waals surface area contributed by atoms with E-state index in [1.807, 2.05) is 18.2 Å². The summed E-state index contributed by atoms with van der Waals surface area (Å²) in [6.45, 7) is 5.31. The Kier molecular flexibility index (Phi) is 3.70. The fourth-order valence-corrected chi connectivity index (χ4v) is 2.63. The van der Waals surface area contributed by atoms with Crippen LogP contribution in [0.5, 0.6) is 0 Å². The Balaban J connectivity index is 2.01. The second-order valence-corrected chi connectivity index (χ2v) is 5.59. The zero-order chi connectivity index (χ0) is 12.3. The fraction of sp³-hybridized carbons (Fsp3) is 0.385. The molecular weight excluding hydrogens is 230 g/mol. The number of nitrogens with zero attached hydrogens (tertiary/aromatic N) is 2. The van der Waals surface area contributed by atoms with E-state index in [0.717, 1.165) is 17.4 Å². The maximum atomic E-state index is 8.82. The topological polar surface area (TPSA) is 48.2 Å². The van der Waals surface area contributed by atoms with Crippen LogP contribution in [0.15, 0.2) is 29.3 Å². The molecule has 2 rings (SSSR count). The van der Waals surface area contributed by atoms with Gasteiger partial charge >= 0.3 is 0 Å². The second-order valence-electron chi connectivity index (χ2n) is 4.36. The second kappa shape index (κ2) is 5.24. The van der Waals surface area contributed by atoms with Crippen molar-refractivity contribution in [2.45, 2.75) is 19.1 Å². The fourth-order valence-electron chi connectivity index (χ4n) is 1.60.